The molecule has 16 heteroatoms. The molecule has 0 saturated carbocycles. The van der Waals surface area contributed by atoms with Crippen LogP contribution in [0, 0.1) is 35.8 Å². The quantitative estimate of drug-likeness (QED) is 0.0902. The summed E-state index contributed by atoms with van der Waals surface area (Å²) in [5.74, 6) is -2.39. The molecule has 0 amide bonds. The largest absolute Gasteiger partial charge is 0.506 e. The van der Waals surface area contributed by atoms with Crippen molar-refractivity contribution in [2.24, 2.45) is 0 Å². The first-order valence-electron chi connectivity index (χ1n) is 18.9. The molecular formula is C44H42N6O10. The molecule has 2 aromatic carbocycles. The zero-order valence-corrected chi connectivity index (χ0v) is 33.3. The van der Waals surface area contributed by atoms with Gasteiger partial charge in [-0.3, -0.25) is 19.2 Å². The molecule has 0 bridgehead atoms. The third kappa shape index (κ3) is 10.6. The van der Waals surface area contributed by atoms with E-state index in [9.17, 15) is 39.9 Å². The van der Waals surface area contributed by atoms with Crippen LogP contribution in [0.2, 0.25) is 0 Å². The highest BCUT2D eigenvalue weighted by Crippen LogP contribution is 2.39. The van der Waals surface area contributed by atoms with Crippen LogP contribution in [0.15, 0.2) is 77.2 Å². The van der Waals surface area contributed by atoms with Crippen molar-refractivity contribution in [2.75, 3.05) is 64.1 Å². The van der Waals surface area contributed by atoms with Crippen LogP contribution in [0.1, 0.15) is 39.2 Å². The van der Waals surface area contributed by atoms with Gasteiger partial charge in [0.1, 0.15) is 43.7 Å². The molecule has 308 valence electrons. The number of hydrogen-bond donors (Lipinski definition) is 2. The molecule has 16 nitrogen and oxygen atoms in total. The number of aliphatic hydroxyl groups is 2. The van der Waals surface area contributed by atoms with Gasteiger partial charge in [-0.15, -0.1) is 0 Å². The minimum Gasteiger partial charge on any atom is -0.506 e. The lowest BCUT2D eigenvalue weighted by atomic mass is 9.79. The maximum atomic E-state index is 13.1. The average molecular weight is 815 g/mol. The summed E-state index contributed by atoms with van der Waals surface area (Å²) in [4.78, 5) is 61.1. The van der Waals surface area contributed by atoms with Gasteiger partial charge in [-0.25, -0.2) is 20.2 Å². The standard InChI is InChI=1S/C44H42N6O10/c1-6-49(7-2)30-13-14-31(36(52)23-30)42-43(55)41(44(42)56)28-9-11-29(12-10-28)50(8-3)17-19-59-39(53)15-16-40(54)60-22-21-58-38-25-32(34(26-45)47-4)37(57-20-18-51)24-33(38)35(27-46)48-5/h9-14,23-25,51,55H,6-8,15-22H2,1-3H3/b34-32+,35-33-,42-31+. The van der Waals surface area contributed by atoms with Crippen LogP contribution in [-0.4, -0.2) is 97.8 Å². The zero-order chi connectivity index (χ0) is 43.8. The fraction of sp³-hybridized carbons (Fsp3) is 0.318. The summed E-state index contributed by atoms with van der Waals surface area (Å²) < 4.78 is 21.6. The molecule has 4 rings (SSSR count). The Balaban J connectivity index is 1.27. The Morgan fingerprint density at radius 2 is 1.32 bits per heavy atom. The first-order valence-corrected chi connectivity index (χ1v) is 18.9. The highest BCUT2D eigenvalue weighted by atomic mass is 16.6. The van der Waals surface area contributed by atoms with E-state index in [0.717, 1.165) is 24.5 Å². The van der Waals surface area contributed by atoms with E-state index in [0.29, 0.717) is 18.7 Å². The molecule has 0 aromatic heterocycles. The topological polar surface area (TPSA) is 208 Å². The van der Waals surface area contributed by atoms with Gasteiger partial charge in [0, 0.05) is 53.1 Å². The number of anilines is 1. The lowest BCUT2D eigenvalue weighted by Crippen LogP contribution is -2.28. The third-order valence-corrected chi connectivity index (χ3v) is 9.33. The van der Waals surface area contributed by atoms with Gasteiger partial charge in [-0.1, -0.05) is 12.1 Å². The number of nitrogens with zero attached hydrogens (tertiary/aromatic N) is 6. The number of Topliss-reactive ketones (excluding diaryl/α,β-unsaturated/α-hetero) is 1. The second-order valence-electron chi connectivity index (χ2n) is 12.8. The van der Waals surface area contributed by atoms with Crippen LogP contribution in [0.3, 0.4) is 0 Å². The zero-order valence-electron chi connectivity index (χ0n) is 33.3. The van der Waals surface area contributed by atoms with Crippen LogP contribution in [-0.2, 0) is 28.7 Å². The van der Waals surface area contributed by atoms with Gasteiger partial charge in [0.05, 0.1) is 62.4 Å². The van der Waals surface area contributed by atoms with Crippen LogP contribution >= 0.6 is 0 Å². The van der Waals surface area contributed by atoms with Crippen molar-refractivity contribution in [2.45, 2.75) is 33.6 Å². The summed E-state index contributed by atoms with van der Waals surface area (Å²) >= 11 is 0. The van der Waals surface area contributed by atoms with E-state index in [4.69, 9.17) is 32.1 Å². The van der Waals surface area contributed by atoms with Gasteiger partial charge in [0.15, 0.2) is 5.78 Å². The maximum absolute atomic E-state index is 13.1. The molecule has 0 radical (unpaired) electrons. The first kappa shape index (κ1) is 45.0. The second-order valence-corrected chi connectivity index (χ2v) is 12.8. The normalized spacial score (nSPS) is 15.2. The fourth-order valence-electron chi connectivity index (χ4n) is 6.27. The number of carbonyl (C=O) groups is 4. The van der Waals surface area contributed by atoms with Crippen molar-refractivity contribution in [3.63, 3.8) is 0 Å². The lowest BCUT2D eigenvalue weighted by molar-refractivity contribution is -0.150. The summed E-state index contributed by atoms with van der Waals surface area (Å²) in [6.45, 7) is 21.8. The number of likely N-dealkylation sites (N-methyl/N-ethyl adjacent to an activating group) is 2. The summed E-state index contributed by atoms with van der Waals surface area (Å²) in [6, 6.07) is 12.9. The Labute approximate surface area is 346 Å². The number of hydrogen-bond acceptors (Lipinski definition) is 14. The van der Waals surface area contributed by atoms with Gasteiger partial charge in [0.2, 0.25) is 5.78 Å². The molecule has 0 atom stereocenters. The van der Waals surface area contributed by atoms with Crippen molar-refractivity contribution in [3.05, 3.63) is 116 Å². The molecule has 2 aromatic rings. The van der Waals surface area contributed by atoms with Gasteiger partial charge < -0.3 is 39.0 Å². The smallest absolute Gasteiger partial charge is 0.306 e. The number of benzene rings is 2. The van der Waals surface area contributed by atoms with Crippen molar-refractivity contribution in [1.82, 2.24) is 4.90 Å². The number of esters is 2. The monoisotopic (exact) mass is 814 g/mol. The maximum Gasteiger partial charge on any atom is 0.306 e. The number of rotatable bonds is 19. The van der Waals surface area contributed by atoms with E-state index >= 15 is 0 Å². The number of aliphatic hydroxyl groups excluding tert-OH is 2. The first-order chi connectivity index (χ1) is 29.0. The van der Waals surface area contributed by atoms with Gasteiger partial charge >= 0.3 is 11.9 Å². The number of ether oxygens (including phenoxy) is 4. The Hall–Kier alpha value is -7.66. The fourth-order valence-corrected chi connectivity index (χ4v) is 6.27. The summed E-state index contributed by atoms with van der Waals surface area (Å²) in [5, 5.41) is 38.9. The summed E-state index contributed by atoms with van der Waals surface area (Å²) in [7, 11) is 0. The molecule has 60 heavy (non-hydrogen) atoms. The van der Waals surface area contributed by atoms with E-state index in [1.807, 2.05) is 30.6 Å². The van der Waals surface area contributed by atoms with Crippen molar-refractivity contribution in [1.29, 1.82) is 10.5 Å². The highest BCUT2D eigenvalue weighted by molar-refractivity contribution is 6.41. The molecule has 0 unspecified atom stereocenters. The van der Waals surface area contributed by atoms with E-state index in [2.05, 4.69) is 9.69 Å². The number of ketones is 2. The summed E-state index contributed by atoms with van der Waals surface area (Å²) in [6.07, 6.45) is 4.28. The summed E-state index contributed by atoms with van der Waals surface area (Å²) in [5.41, 5.74) is 1.56. The Morgan fingerprint density at radius 1 is 0.767 bits per heavy atom. The number of allylic oxidation sites excluding steroid dienone is 6. The molecule has 2 aliphatic rings. The predicted octanol–water partition coefficient (Wildman–Crippen LogP) is 3.44. The molecule has 0 heterocycles. The van der Waals surface area contributed by atoms with Crippen molar-refractivity contribution < 1.29 is 48.3 Å². The molecule has 0 spiro atoms. The van der Waals surface area contributed by atoms with Gasteiger partial charge in [-0.2, -0.15) is 0 Å². The predicted molar refractivity (Wildman–Crippen MR) is 217 cm³/mol. The van der Waals surface area contributed by atoms with Crippen molar-refractivity contribution >= 4 is 46.2 Å². The molecule has 2 N–H and O–H groups in total. The Bertz CT molecular complexity index is 2420. The van der Waals surface area contributed by atoms with Gasteiger partial charge in [-0.05, 0) is 62.8 Å². The molecule has 0 aliphatic heterocycles. The third-order valence-electron chi connectivity index (χ3n) is 9.33. The Kier molecular flexibility index (Phi) is 16.3. The van der Waals surface area contributed by atoms with Gasteiger partial charge in [0.25, 0.3) is 11.4 Å². The van der Waals surface area contributed by atoms with Crippen molar-refractivity contribution in [3.8, 4) is 23.6 Å². The molecular weight excluding hydrogens is 773 g/mol. The van der Waals surface area contributed by atoms with Crippen LogP contribution < -0.4 is 24.8 Å². The molecule has 0 saturated heterocycles. The second kappa shape index (κ2) is 21.8. The van der Waals surface area contributed by atoms with Crippen LogP contribution in [0.5, 0.6) is 11.5 Å². The number of carbonyl (C=O) groups excluding carboxylic acids is 4. The molecule has 2 aliphatic carbocycles. The van der Waals surface area contributed by atoms with Crippen LogP contribution in [0.4, 0.5) is 5.69 Å². The Morgan fingerprint density at radius 3 is 1.80 bits per heavy atom. The number of nitriles is 2. The van der Waals surface area contributed by atoms with E-state index in [1.165, 1.54) is 18.2 Å². The SMILES string of the molecule is [C-]#[N+]/C(C#N)=c1/cc(OCCO)/c(=C(\C#N)[N+]#[C-])cc1OCCOC(=O)CCC(=O)OCCN(CC)c1ccc(C2=C(O)/C(=C3/C=CC(N(CC)CC)=CC3=O)C2=O)cc1. The lowest BCUT2D eigenvalue weighted by Gasteiger charge is -2.27. The van der Waals surface area contributed by atoms with E-state index in [-0.39, 0.29) is 107 Å². The van der Waals surface area contributed by atoms with E-state index in [1.54, 1.807) is 48.6 Å². The minimum absolute atomic E-state index is 0.000611. The molecule has 0 fully saturated rings. The van der Waals surface area contributed by atoms with E-state index < -0.39 is 17.7 Å². The van der Waals surface area contributed by atoms with Crippen LogP contribution in [0.25, 0.3) is 26.7 Å². The minimum atomic E-state index is -0.712. The average Bonchev–Trinajstić information content (AvgIpc) is 3.25. The highest BCUT2D eigenvalue weighted by Gasteiger charge is 2.38.